The minimum absolute atomic E-state index is 0.0417. The molecule has 7 heteroatoms. The van der Waals surface area contributed by atoms with Gasteiger partial charge in [-0.1, -0.05) is 29.8 Å². The number of amidine groups is 1. The highest BCUT2D eigenvalue weighted by Gasteiger charge is 2.36. The molecule has 2 saturated heterocycles. The zero-order chi connectivity index (χ0) is 20.9. The summed E-state index contributed by atoms with van der Waals surface area (Å²) in [6.07, 6.45) is 3.85. The summed E-state index contributed by atoms with van der Waals surface area (Å²) in [5, 5.41) is 1.25. The van der Waals surface area contributed by atoms with Crippen molar-refractivity contribution in [2.24, 2.45) is 4.99 Å². The number of rotatable bonds is 6. The predicted molar refractivity (Wildman–Crippen MR) is 122 cm³/mol. The third-order valence-electron chi connectivity index (χ3n) is 4.84. The van der Waals surface area contributed by atoms with Gasteiger partial charge < -0.3 is 9.47 Å². The first-order valence-corrected chi connectivity index (χ1v) is 11.2. The summed E-state index contributed by atoms with van der Waals surface area (Å²) < 4.78 is 11.5. The number of aliphatic imine (C=N–C) groups is 1. The van der Waals surface area contributed by atoms with Crippen LogP contribution in [0.2, 0.25) is 5.02 Å². The maximum Gasteiger partial charge on any atom is 0.266 e. The molecule has 1 atom stereocenters. The normalized spacial score (nSPS) is 21.7. The minimum atomic E-state index is -0.0763. The third kappa shape index (κ3) is 4.89. The molecule has 2 aliphatic rings. The van der Waals surface area contributed by atoms with Gasteiger partial charge in [-0.05, 0) is 67.9 Å². The molecule has 5 nitrogen and oxygen atoms in total. The van der Waals surface area contributed by atoms with E-state index < -0.39 is 0 Å². The number of para-hydroxylation sites is 1. The lowest BCUT2D eigenvalue weighted by atomic mass is 10.1. The highest BCUT2D eigenvalue weighted by Crippen LogP contribution is 2.37. The molecule has 30 heavy (non-hydrogen) atoms. The Morgan fingerprint density at radius 1 is 1.30 bits per heavy atom. The zero-order valence-electron chi connectivity index (χ0n) is 16.7. The van der Waals surface area contributed by atoms with E-state index in [9.17, 15) is 4.79 Å². The minimum Gasteiger partial charge on any atom is -0.493 e. The van der Waals surface area contributed by atoms with Gasteiger partial charge in [0.05, 0.1) is 29.8 Å². The van der Waals surface area contributed by atoms with E-state index >= 15 is 0 Å². The summed E-state index contributed by atoms with van der Waals surface area (Å²) in [6.45, 7) is 3.70. The van der Waals surface area contributed by atoms with Gasteiger partial charge in [0.1, 0.15) is 5.75 Å². The van der Waals surface area contributed by atoms with Crippen molar-refractivity contribution >= 4 is 46.2 Å². The molecule has 2 aromatic carbocycles. The van der Waals surface area contributed by atoms with Gasteiger partial charge >= 0.3 is 0 Å². The lowest BCUT2D eigenvalue weighted by Crippen LogP contribution is -2.36. The van der Waals surface area contributed by atoms with E-state index in [1.807, 2.05) is 55.5 Å². The number of amides is 1. The van der Waals surface area contributed by atoms with E-state index in [-0.39, 0.29) is 12.0 Å². The van der Waals surface area contributed by atoms with Crippen LogP contribution in [0.4, 0.5) is 5.69 Å². The summed E-state index contributed by atoms with van der Waals surface area (Å²) in [6, 6.07) is 15.1. The van der Waals surface area contributed by atoms with Crippen molar-refractivity contribution in [1.82, 2.24) is 4.90 Å². The number of benzene rings is 2. The Balaban J connectivity index is 1.68. The molecule has 2 heterocycles. The molecule has 0 saturated carbocycles. The number of ether oxygens (including phenoxy) is 2. The van der Waals surface area contributed by atoms with Gasteiger partial charge in [-0.3, -0.25) is 9.69 Å². The van der Waals surface area contributed by atoms with Crippen molar-refractivity contribution in [3.63, 3.8) is 0 Å². The molecular weight excluding hydrogens is 420 g/mol. The van der Waals surface area contributed by atoms with Crippen LogP contribution in [0.3, 0.4) is 0 Å². The fourth-order valence-corrected chi connectivity index (χ4v) is 4.60. The number of hydrogen-bond donors (Lipinski definition) is 0. The van der Waals surface area contributed by atoms with E-state index in [1.54, 1.807) is 11.0 Å². The Morgan fingerprint density at radius 2 is 2.13 bits per heavy atom. The standard InChI is InChI=1S/C23H23ClN2O3S/c1-2-28-20-11-10-17(24)13-16(20)14-21-22(27)26(15-19-9-6-12-29-19)23(30-21)25-18-7-4-3-5-8-18/h3-5,7-8,10-11,13-14,19H,2,6,9,12,15H2,1H3/b21-14-,25-23?/t19-/m1/s1. The van der Waals surface area contributed by atoms with Crippen molar-refractivity contribution in [3.8, 4) is 5.75 Å². The number of nitrogens with zero attached hydrogens (tertiary/aromatic N) is 2. The number of carbonyl (C=O) groups is 1. The molecular formula is C23H23ClN2O3S. The Bertz CT molecular complexity index is 972. The second-order valence-corrected chi connectivity index (χ2v) is 8.45. The van der Waals surface area contributed by atoms with Crippen LogP contribution in [-0.4, -0.2) is 41.8 Å². The summed E-state index contributed by atoms with van der Waals surface area (Å²) in [7, 11) is 0. The van der Waals surface area contributed by atoms with Gasteiger partial charge in [0.15, 0.2) is 5.17 Å². The van der Waals surface area contributed by atoms with Crippen LogP contribution in [0.15, 0.2) is 58.4 Å². The molecule has 0 spiro atoms. The molecule has 2 fully saturated rings. The first-order chi connectivity index (χ1) is 14.6. The smallest absolute Gasteiger partial charge is 0.266 e. The number of carbonyl (C=O) groups excluding carboxylic acids is 1. The first-order valence-electron chi connectivity index (χ1n) is 10.0. The zero-order valence-corrected chi connectivity index (χ0v) is 18.3. The lowest BCUT2D eigenvalue weighted by molar-refractivity contribution is -0.123. The van der Waals surface area contributed by atoms with Gasteiger partial charge in [-0.25, -0.2) is 4.99 Å². The highest BCUT2D eigenvalue weighted by molar-refractivity contribution is 8.18. The van der Waals surface area contributed by atoms with Crippen LogP contribution in [0, 0.1) is 0 Å². The molecule has 0 N–H and O–H groups in total. The number of halogens is 1. The summed E-state index contributed by atoms with van der Waals surface area (Å²) in [5.74, 6) is 0.620. The average molecular weight is 443 g/mol. The fraction of sp³-hybridized carbons (Fsp3) is 0.304. The van der Waals surface area contributed by atoms with Gasteiger partial charge in [0.25, 0.3) is 5.91 Å². The Kier molecular flexibility index (Phi) is 6.77. The van der Waals surface area contributed by atoms with Crippen LogP contribution < -0.4 is 4.74 Å². The molecule has 2 aliphatic heterocycles. The molecule has 4 rings (SSSR count). The first kappa shape index (κ1) is 21.0. The fourth-order valence-electron chi connectivity index (χ4n) is 3.42. The highest BCUT2D eigenvalue weighted by atomic mass is 35.5. The van der Waals surface area contributed by atoms with Crippen LogP contribution in [-0.2, 0) is 9.53 Å². The Labute approximate surface area is 185 Å². The molecule has 156 valence electrons. The third-order valence-corrected chi connectivity index (χ3v) is 6.08. The van der Waals surface area contributed by atoms with Gasteiger partial charge in [0.2, 0.25) is 0 Å². The van der Waals surface area contributed by atoms with Crippen LogP contribution in [0.5, 0.6) is 5.75 Å². The largest absolute Gasteiger partial charge is 0.493 e. The average Bonchev–Trinajstić information content (AvgIpc) is 3.35. The second-order valence-electron chi connectivity index (χ2n) is 7.01. The summed E-state index contributed by atoms with van der Waals surface area (Å²) >= 11 is 7.56. The van der Waals surface area contributed by atoms with E-state index in [0.29, 0.717) is 34.0 Å². The van der Waals surface area contributed by atoms with E-state index in [0.717, 1.165) is 30.7 Å². The van der Waals surface area contributed by atoms with E-state index in [1.165, 1.54) is 11.8 Å². The SMILES string of the molecule is CCOc1ccc(Cl)cc1/C=C1\SC(=Nc2ccccc2)N(C[C@H]2CCCO2)C1=O. The van der Waals surface area contributed by atoms with Gasteiger partial charge in [0, 0.05) is 17.2 Å². The van der Waals surface area contributed by atoms with Gasteiger partial charge in [-0.15, -0.1) is 0 Å². The second kappa shape index (κ2) is 9.69. The van der Waals surface area contributed by atoms with E-state index in [2.05, 4.69) is 0 Å². The number of hydrogen-bond acceptors (Lipinski definition) is 5. The Morgan fingerprint density at radius 3 is 2.87 bits per heavy atom. The molecule has 1 amide bonds. The molecule has 0 unspecified atom stereocenters. The lowest BCUT2D eigenvalue weighted by Gasteiger charge is -2.19. The van der Waals surface area contributed by atoms with Crippen molar-refractivity contribution in [2.75, 3.05) is 19.8 Å². The number of thioether (sulfide) groups is 1. The quantitative estimate of drug-likeness (QED) is 0.552. The Hall–Kier alpha value is -2.28. The molecule has 0 bridgehead atoms. The van der Waals surface area contributed by atoms with Crippen molar-refractivity contribution in [2.45, 2.75) is 25.9 Å². The van der Waals surface area contributed by atoms with Crippen molar-refractivity contribution in [3.05, 3.63) is 64.0 Å². The van der Waals surface area contributed by atoms with Crippen LogP contribution >= 0.6 is 23.4 Å². The molecule has 0 aliphatic carbocycles. The van der Waals surface area contributed by atoms with Crippen molar-refractivity contribution < 1.29 is 14.3 Å². The molecule has 2 aromatic rings. The van der Waals surface area contributed by atoms with Gasteiger partial charge in [-0.2, -0.15) is 0 Å². The maximum absolute atomic E-state index is 13.3. The summed E-state index contributed by atoms with van der Waals surface area (Å²) in [4.78, 5) is 20.3. The topological polar surface area (TPSA) is 51.1 Å². The molecule has 0 radical (unpaired) electrons. The van der Waals surface area contributed by atoms with Crippen LogP contribution in [0.25, 0.3) is 6.08 Å². The maximum atomic E-state index is 13.3. The van der Waals surface area contributed by atoms with Crippen LogP contribution in [0.1, 0.15) is 25.3 Å². The molecule has 0 aromatic heterocycles. The monoisotopic (exact) mass is 442 g/mol. The predicted octanol–water partition coefficient (Wildman–Crippen LogP) is 5.52. The van der Waals surface area contributed by atoms with E-state index in [4.69, 9.17) is 26.1 Å². The van der Waals surface area contributed by atoms with Crippen molar-refractivity contribution in [1.29, 1.82) is 0 Å². The summed E-state index contributed by atoms with van der Waals surface area (Å²) in [5.41, 5.74) is 1.59.